The molecule has 0 aliphatic rings. The molecule has 0 aliphatic heterocycles. The van der Waals surface area contributed by atoms with E-state index >= 15 is 0 Å². The third kappa shape index (κ3) is 4.43. The number of thiophene rings is 1. The zero-order valence-corrected chi connectivity index (χ0v) is 15.8. The van der Waals surface area contributed by atoms with Gasteiger partial charge in [0.2, 0.25) is 10.0 Å². The van der Waals surface area contributed by atoms with Crippen molar-refractivity contribution >= 4 is 27.3 Å². The second kappa shape index (κ2) is 7.04. The van der Waals surface area contributed by atoms with E-state index in [9.17, 15) is 13.2 Å². The van der Waals surface area contributed by atoms with Crippen molar-refractivity contribution in [2.24, 2.45) is 0 Å². The second-order valence-electron chi connectivity index (χ2n) is 6.46. The smallest absolute Gasteiger partial charge is 0.261 e. The highest BCUT2D eigenvalue weighted by Gasteiger charge is 2.17. The maximum Gasteiger partial charge on any atom is 0.261 e. The Morgan fingerprint density at radius 3 is 2.25 bits per heavy atom. The molecule has 0 fully saturated rings. The van der Waals surface area contributed by atoms with Crippen molar-refractivity contribution in [2.45, 2.75) is 36.9 Å². The minimum absolute atomic E-state index is 0.0912. The molecule has 130 valence electrons. The van der Waals surface area contributed by atoms with Crippen LogP contribution in [0.1, 0.15) is 41.6 Å². The van der Waals surface area contributed by atoms with Crippen molar-refractivity contribution in [3.63, 3.8) is 0 Å². The van der Waals surface area contributed by atoms with Gasteiger partial charge < -0.3 is 5.32 Å². The average Bonchev–Trinajstić information content (AvgIpc) is 3.03. The van der Waals surface area contributed by atoms with Gasteiger partial charge in [0.05, 0.1) is 4.88 Å². The predicted molar refractivity (Wildman–Crippen MR) is 96.9 cm³/mol. The van der Waals surface area contributed by atoms with E-state index in [4.69, 9.17) is 0 Å². The number of amides is 1. The summed E-state index contributed by atoms with van der Waals surface area (Å²) in [6, 6.07) is 11.1. The van der Waals surface area contributed by atoms with Crippen LogP contribution in [0.5, 0.6) is 0 Å². The molecular weight excluding hydrogens is 344 g/mol. The Balaban J connectivity index is 2.01. The first-order valence-electron chi connectivity index (χ1n) is 7.54. The third-order valence-corrected chi connectivity index (χ3v) is 6.60. The molecule has 0 aliphatic carbocycles. The number of carbonyl (C=O) groups is 1. The number of hydrogen-bond donors (Lipinski definition) is 2. The van der Waals surface area contributed by atoms with Gasteiger partial charge in [-0.05, 0) is 35.7 Å². The largest absolute Gasteiger partial charge is 0.347 e. The van der Waals surface area contributed by atoms with Crippen LogP contribution in [-0.2, 0) is 22.0 Å². The highest BCUT2D eigenvalue weighted by atomic mass is 32.2. The number of benzene rings is 1. The van der Waals surface area contributed by atoms with Crippen molar-refractivity contribution in [1.82, 2.24) is 10.0 Å². The highest BCUT2D eigenvalue weighted by molar-refractivity contribution is 7.91. The van der Waals surface area contributed by atoms with Crippen LogP contribution in [0.2, 0.25) is 0 Å². The first-order chi connectivity index (χ1) is 11.1. The van der Waals surface area contributed by atoms with Gasteiger partial charge in [-0.3, -0.25) is 4.79 Å². The van der Waals surface area contributed by atoms with E-state index < -0.39 is 10.0 Å². The van der Waals surface area contributed by atoms with E-state index in [1.165, 1.54) is 24.7 Å². The fourth-order valence-corrected chi connectivity index (χ4v) is 4.14. The molecule has 1 heterocycles. The summed E-state index contributed by atoms with van der Waals surface area (Å²) in [6.45, 7) is 6.85. The lowest BCUT2D eigenvalue weighted by molar-refractivity contribution is 0.0955. The SMILES string of the molecule is CNS(=O)(=O)c1ccc(C(=O)NCc2ccc(C(C)(C)C)cc2)s1. The zero-order valence-electron chi connectivity index (χ0n) is 14.2. The molecule has 2 N–H and O–H groups in total. The Morgan fingerprint density at radius 2 is 1.71 bits per heavy atom. The fraction of sp³-hybridized carbons (Fsp3) is 0.353. The monoisotopic (exact) mass is 366 g/mol. The van der Waals surface area contributed by atoms with Crippen LogP contribution in [0.3, 0.4) is 0 Å². The standard InChI is InChI=1S/C17H22N2O3S2/c1-17(2,3)13-7-5-12(6-8-13)11-19-16(20)14-9-10-15(23-14)24(21,22)18-4/h5-10,18H,11H2,1-4H3,(H,19,20). The molecule has 0 bridgehead atoms. The molecule has 0 radical (unpaired) electrons. The Kier molecular flexibility index (Phi) is 5.47. The van der Waals surface area contributed by atoms with Crippen LogP contribution in [0.25, 0.3) is 0 Å². The van der Waals surface area contributed by atoms with E-state index in [0.29, 0.717) is 11.4 Å². The van der Waals surface area contributed by atoms with E-state index in [2.05, 4.69) is 42.9 Å². The molecule has 1 aromatic heterocycles. The quantitative estimate of drug-likeness (QED) is 0.854. The topological polar surface area (TPSA) is 75.3 Å². The van der Waals surface area contributed by atoms with Gasteiger partial charge in [-0.2, -0.15) is 0 Å². The van der Waals surface area contributed by atoms with Gasteiger partial charge in [0.25, 0.3) is 5.91 Å². The molecule has 0 saturated heterocycles. The molecule has 2 rings (SSSR count). The molecular formula is C17H22N2O3S2. The van der Waals surface area contributed by atoms with E-state index in [0.717, 1.165) is 16.9 Å². The summed E-state index contributed by atoms with van der Waals surface area (Å²) in [4.78, 5) is 12.5. The average molecular weight is 367 g/mol. The van der Waals surface area contributed by atoms with Crippen molar-refractivity contribution in [3.05, 3.63) is 52.4 Å². The summed E-state index contributed by atoms with van der Waals surface area (Å²) < 4.78 is 25.8. The van der Waals surface area contributed by atoms with E-state index in [1.54, 1.807) is 0 Å². The summed E-state index contributed by atoms with van der Waals surface area (Å²) in [5, 5.41) is 2.81. The predicted octanol–water partition coefficient (Wildman–Crippen LogP) is 2.88. The van der Waals surface area contributed by atoms with Crippen molar-refractivity contribution in [2.75, 3.05) is 7.05 Å². The Bertz CT molecular complexity index is 816. The van der Waals surface area contributed by atoms with Gasteiger partial charge in [-0.25, -0.2) is 13.1 Å². The molecule has 0 saturated carbocycles. The van der Waals surface area contributed by atoms with Gasteiger partial charge in [0.15, 0.2) is 0 Å². The van der Waals surface area contributed by atoms with Gasteiger partial charge in [0.1, 0.15) is 4.21 Å². The van der Waals surface area contributed by atoms with Gasteiger partial charge in [0, 0.05) is 6.54 Å². The molecule has 24 heavy (non-hydrogen) atoms. The number of nitrogens with one attached hydrogen (secondary N) is 2. The first-order valence-corrected chi connectivity index (χ1v) is 9.84. The summed E-state index contributed by atoms with van der Waals surface area (Å²) in [6.07, 6.45) is 0. The molecule has 1 aromatic carbocycles. The van der Waals surface area contributed by atoms with Crippen LogP contribution >= 0.6 is 11.3 Å². The number of carbonyl (C=O) groups excluding carboxylic acids is 1. The first kappa shape index (κ1) is 18.6. The van der Waals surface area contributed by atoms with Crippen molar-refractivity contribution in [1.29, 1.82) is 0 Å². The van der Waals surface area contributed by atoms with E-state index in [1.807, 2.05) is 12.1 Å². The molecule has 0 unspecified atom stereocenters. The molecule has 0 atom stereocenters. The lowest BCUT2D eigenvalue weighted by atomic mass is 9.87. The van der Waals surface area contributed by atoms with E-state index in [-0.39, 0.29) is 15.5 Å². The third-order valence-electron chi connectivity index (χ3n) is 3.61. The van der Waals surface area contributed by atoms with Crippen LogP contribution in [0.4, 0.5) is 0 Å². The minimum atomic E-state index is -3.51. The maximum atomic E-state index is 12.2. The van der Waals surface area contributed by atoms with Gasteiger partial charge in [-0.15, -0.1) is 11.3 Å². The Morgan fingerprint density at radius 1 is 1.08 bits per heavy atom. The summed E-state index contributed by atoms with van der Waals surface area (Å²) in [5.41, 5.74) is 2.32. The fourth-order valence-electron chi connectivity index (χ4n) is 2.08. The summed E-state index contributed by atoms with van der Waals surface area (Å²) in [5.74, 6) is -0.280. The highest BCUT2D eigenvalue weighted by Crippen LogP contribution is 2.23. The van der Waals surface area contributed by atoms with Crippen LogP contribution in [-0.4, -0.2) is 21.4 Å². The summed E-state index contributed by atoms with van der Waals surface area (Å²) >= 11 is 0.951. The second-order valence-corrected chi connectivity index (χ2v) is 9.65. The summed E-state index contributed by atoms with van der Waals surface area (Å²) in [7, 11) is -2.16. The zero-order chi connectivity index (χ0) is 18.0. The van der Waals surface area contributed by atoms with Crippen LogP contribution < -0.4 is 10.0 Å². The van der Waals surface area contributed by atoms with Crippen LogP contribution in [0, 0.1) is 0 Å². The van der Waals surface area contributed by atoms with Gasteiger partial charge in [-0.1, -0.05) is 45.0 Å². The number of hydrogen-bond acceptors (Lipinski definition) is 4. The molecule has 5 nitrogen and oxygen atoms in total. The maximum absolute atomic E-state index is 12.2. The number of rotatable bonds is 5. The Hall–Kier alpha value is -1.70. The normalized spacial score (nSPS) is 12.2. The number of sulfonamides is 1. The molecule has 7 heteroatoms. The van der Waals surface area contributed by atoms with Crippen LogP contribution in [0.15, 0.2) is 40.6 Å². The molecule has 1 amide bonds. The van der Waals surface area contributed by atoms with Crippen molar-refractivity contribution < 1.29 is 13.2 Å². The molecule has 2 aromatic rings. The molecule has 0 spiro atoms. The Labute approximate surface area is 147 Å². The minimum Gasteiger partial charge on any atom is -0.347 e. The van der Waals surface area contributed by atoms with Crippen molar-refractivity contribution in [3.8, 4) is 0 Å². The lowest BCUT2D eigenvalue weighted by Crippen LogP contribution is -2.22. The van der Waals surface area contributed by atoms with Gasteiger partial charge >= 0.3 is 0 Å². The lowest BCUT2D eigenvalue weighted by Gasteiger charge is -2.19.